The van der Waals surface area contributed by atoms with Crippen molar-refractivity contribution in [2.45, 2.75) is 18.9 Å². The van der Waals surface area contributed by atoms with Crippen LogP contribution in [0.5, 0.6) is 0 Å². The second kappa shape index (κ2) is 7.56. The summed E-state index contributed by atoms with van der Waals surface area (Å²) in [6.45, 7) is 3.05. The van der Waals surface area contributed by atoms with Gasteiger partial charge in [-0.25, -0.2) is 4.39 Å². The van der Waals surface area contributed by atoms with Crippen LogP contribution in [0.4, 0.5) is 10.1 Å². The number of morpholine rings is 1. The molecule has 5 heteroatoms. The third-order valence-corrected chi connectivity index (χ3v) is 5.22. The molecule has 1 saturated heterocycles. The van der Waals surface area contributed by atoms with Crippen molar-refractivity contribution < 1.29 is 13.9 Å². The van der Waals surface area contributed by atoms with Gasteiger partial charge in [0.1, 0.15) is 11.9 Å². The van der Waals surface area contributed by atoms with Crippen molar-refractivity contribution in [2.75, 3.05) is 37.7 Å². The van der Waals surface area contributed by atoms with E-state index in [1.807, 2.05) is 28.0 Å². The standard InChI is InChI=1S/C21H23FN2O2/c22-18-9-3-2-8-17(18)20(23-12-14-26-15-13-23)21(25)24-11-5-7-16-6-1-4-10-19(16)24/h1-4,6,8-10,20H,5,7,11-15H2. The molecule has 26 heavy (non-hydrogen) atoms. The van der Waals surface area contributed by atoms with Gasteiger partial charge in [-0.15, -0.1) is 0 Å². The van der Waals surface area contributed by atoms with E-state index in [0.717, 1.165) is 18.5 Å². The number of aryl methyl sites for hydroxylation is 1. The number of fused-ring (bicyclic) bond motifs is 1. The summed E-state index contributed by atoms with van der Waals surface area (Å²) < 4.78 is 20.0. The van der Waals surface area contributed by atoms with E-state index in [9.17, 15) is 9.18 Å². The summed E-state index contributed by atoms with van der Waals surface area (Å²) in [6, 6.07) is 14.0. The highest BCUT2D eigenvalue weighted by molar-refractivity contribution is 5.98. The number of rotatable bonds is 3. The molecule has 0 bridgehead atoms. The highest BCUT2D eigenvalue weighted by atomic mass is 19.1. The minimum absolute atomic E-state index is 0.0517. The Morgan fingerprint density at radius 3 is 2.54 bits per heavy atom. The largest absolute Gasteiger partial charge is 0.379 e. The minimum atomic E-state index is -0.619. The molecule has 0 N–H and O–H groups in total. The van der Waals surface area contributed by atoms with Gasteiger partial charge < -0.3 is 9.64 Å². The van der Waals surface area contributed by atoms with Crippen molar-refractivity contribution in [1.82, 2.24) is 4.90 Å². The first-order chi connectivity index (χ1) is 12.8. The Labute approximate surface area is 153 Å². The Morgan fingerprint density at radius 1 is 1.00 bits per heavy atom. The molecule has 0 aromatic heterocycles. The van der Waals surface area contributed by atoms with Crippen LogP contribution in [-0.2, 0) is 16.0 Å². The summed E-state index contributed by atoms with van der Waals surface area (Å²) in [5.74, 6) is -0.383. The van der Waals surface area contributed by atoms with Crippen molar-refractivity contribution >= 4 is 11.6 Å². The monoisotopic (exact) mass is 354 g/mol. The van der Waals surface area contributed by atoms with Crippen LogP contribution in [0.25, 0.3) is 0 Å². The molecule has 2 heterocycles. The topological polar surface area (TPSA) is 32.8 Å². The Balaban J connectivity index is 1.72. The van der Waals surface area contributed by atoms with Gasteiger partial charge >= 0.3 is 0 Å². The first-order valence-corrected chi connectivity index (χ1v) is 9.21. The van der Waals surface area contributed by atoms with Crippen molar-refractivity contribution in [3.8, 4) is 0 Å². The number of nitrogens with zero attached hydrogens (tertiary/aromatic N) is 2. The average molecular weight is 354 g/mol. The van der Waals surface area contributed by atoms with Gasteiger partial charge in [-0.05, 0) is 30.5 Å². The molecule has 1 amide bonds. The molecule has 2 aromatic carbocycles. The van der Waals surface area contributed by atoms with Crippen molar-refractivity contribution in [3.63, 3.8) is 0 Å². The average Bonchev–Trinajstić information content (AvgIpc) is 2.70. The zero-order chi connectivity index (χ0) is 17.9. The van der Waals surface area contributed by atoms with Gasteiger partial charge in [0, 0.05) is 30.9 Å². The lowest BCUT2D eigenvalue weighted by Gasteiger charge is -2.38. The highest BCUT2D eigenvalue weighted by Gasteiger charge is 2.35. The second-order valence-corrected chi connectivity index (χ2v) is 6.79. The molecule has 2 aliphatic heterocycles. The summed E-state index contributed by atoms with van der Waals surface area (Å²) in [7, 11) is 0. The third-order valence-electron chi connectivity index (χ3n) is 5.22. The maximum atomic E-state index is 14.6. The van der Waals surface area contributed by atoms with Gasteiger partial charge in [0.05, 0.1) is 13.2 Å². The fourth-order valence-corrected chi connectivity index (χ4v) is 3.93. The normalized spacial score (nSPS) is 19.0. The van der Waals surface area contributed by atoms with Gasteiger partial charge in [-0.3, -0.25) is 9.69 Å². The van der Waals surface area contributed by atoms with E-state index in [2.05, 4.69) is 6.07 Å². The summed E-state index contributed by atoms with van der Waals surface area (Å²) in [6.07, 6.45) is 1.90. The first-order valence-electron chi connectivity index (χ1n) is 9.21. The van der Waals surface area contributed by atoms with Crippen LogP contribution in [0.15, 0.2) is 48.5 Å². The Morgan fingerprint density at radius 2 is 1.73 bits per heavy atom. The number of benzene rings is 2. The number of hydrogen-bond acceptors (Lipinski definition) is 3. The molecule has 136 valence electrons. The van der Waals surface area contributed by atoms with Gasteiger partial charge in [0.2, 0.25) is 5.91 Å². The van der Waals surface area contributed by atoms with E-state index in [1.54, 1.807) is 18.2 Å². The lowest BCUT2D eigenvalue weighted by molar-refractivity contribution is -0.126. The molecule has 1 fully saturated rings. The fraction of sp³-hybridized carbons (Fsp3) is 0.381. The van der Waals surface area contributed by atoms with E-state index >= 15 is 0 Å². The highest BCUT2D eigenvalue weighted by Crippen LogP contribution is 2.32. The molecule has 0 radical (unpaired) electrons. The summed E-state index contributed by atoms with van der Waals surface area (Å²) in [5, 5.41) is 0. The van der Waals surface area contributed by atoms with Gasteiger partial charge in [0.15, 0.2) is 0 Å². The molecule has 1 atom stereocenters. The van der Waals surface area contributed by atoms with Crippen LogP contribution in [0.1, 0.15) is 23.6 Å². The van der Waals surface area contributed by atoms with Crippen LogP contribution >= 0.6 is 0 Å². The Hall–Kier alpha value is -2.24. The number of para-hydroxylation sites is 1. The SMILES string of the molecule is O=C(C(c1ccccc1F)N1CCOCC1)N1CCCc2ccccc21. The predicted molar refractivity (Wildman–Crippen MR) is 98.6 cm³/mol. The second-order valence-electron chi connectivity index (χ2n) is 6.79. The first kappa shape index (κ1) is 17.2. The van der Waals surface area contributed by atoms with E-state index in [-0.39, 0.29) is 11.7 Å². The molecular formula is C21H23FN2O2. The predicted octanol–water partition coefficient (Wildman–Crippen LogP) is 3.18. The lowest BCUT2D eigenvalue weighted by Crippen LogP contribution is -2.48. The van der Waals surface area contributed by atoms with E-state index in [0.29, 0.717) is 38.4 Å². The fourth-order valence-electron chi connectivity index (χ4n) is 3.93. The molecule has 2 aliphatic rings. The maximum Gasteiger partial charge on any atom is 0.249 e. The molecule has 0 aliphatic carbocycles. The number of hydrogen-bond donors (Lipinski definition) is 0. The third kappa shape index (κ3) is 3.24. The Bertz CT molecular complexity index is 789. The minimum Gasteiger partial charge on any atom is -0.379 e. The molecule has 4 rings (SSSR count). The molecule has 4 nitrogen and oxygen atoms in total. The number of carbonyl (C=O) groups excluding carboxylic acids is 1. The molecule has 1 unspecified atom stereocenters. The Kier molecular flexibility index (Phi) is 5.00. The zero-order valence-electron chi connectivity index (χ0n) is 14.7. The van der Waals surface area contributed by atoms with Crippen LogP contribution in [-0.4, -0.2) is 43.7 Å². The van der Waals surface area contributed by atoms with E-state index in [1.165, 1.54) is 11.6 Å². The zero-order valence-corrected chi connectivity index (χ0v) is 14.7. The number of halogens is 1. The van der Waals surface area contributed by atoms with Crippen LogP contribution in [0.3, 0.4) is 0 Å². The molecule has 0 saturated carbocycles. The van der Waals surface area contributed by atoms with Gasteiger partial charge in [-0.2, -0.15) is 0 Å². The summed E-state index contributed by atoms with van der Waals surface area (Å²) in [4.78, 5) is 17.5. The van der Waals surface area contributed by atoms with Gasteiger partial charge in [0.25, 0.3) is 0 Å². The number of ether oxygens (including phenoxy) is 1. The van der Waals surface area contributed by atoms with E-state index < -0.39 is 6.04 Å². The number of amides is 1. The maximum absolute atomic E-state index is 14.6. The molecule has 0 spiro atoms. The van der Waals surface area contributed by atoms with Crippen LogP contribution in [0.2, 0.25) is 0 Å². The number of anilines is 1. The van der Waals surface area contributed by atoms with Gasteiger partial charge in [-0.1, -0.05) is 36.4 Å². The smallest absolute Gasteiger partial charge is 0.249 e. The lowest BCUT2D eigenvalue weighted by atomic mass is 9.98. The quantitative estimate of drug-likeness (QED) is 0.849. The van der Waals surface area contributed by atoms with Crippen LogP contribution in [0, 0.1) is 5.82 Å². The van der Waals surface area contributed by atoms with Crippen molar-refractivity contribution in [1.29, 1.82) is 0 Å². The molecular weight excluding hydrogens is 331 g/mol. The summed E-state index contributed by atoms with van der Waals surface area (Å²) in [5.41, 5.74) is 2.59. The summed E-state index contributed by atoms with van der Waals surface area (Å²) >= 11 is 0. The number of carbonyl (C=O) groups is 1. The molecule has 2 aromatic rings. The van der Waals surface area contributed by atoms with E-state index in [4.69, 9.17) is 4.74 Å². The van der Waals surface area contributed by atoms with Crippen molar-refractivity contribution in [2.24, 2.45) is 0 Å². The van der Waals surface area contributed by atoms with Crippen LogP contribution < -0.4 is 4.90 Å². The van der Waals surface area contributed by atoms with Crippen molar-refractivity contribution in [3.05, 3.63) is 65.5 Å².